The molecule has 0 aliphatic heterocycles. The fourth-order valence-electron chi connectivity index (χ4n) is 3.36. The van der Waals surface area contributed by atoms with Gasteiger partial charge in [0, 0.05) is 17.7 Å². The molecule has 0 radical (unpaired) electrons. The highest BCUT2D eigenvalue weighted by Crippen LogP contribution is 2.45. The van der Waals surface area contributed by atoms with Gasteiger partial charge in [-0.25, -0.2) is 0 Å². The first-order chi connectivity index (χ1) is 12.1. The molecule has 1 heterocycles. The third kappa shape index (κ3) is 3.86. The number of hydrogen-bond acceptors (Lipinski definition) is 4. The van der Waals surface area contributed by atoms with Crippen LogP contribution < -0.4 is 4.74 Å². The summed E-state index contributed by atoms with van der Waals surface area (Å²) >= 11 is 1.78. The lowest BCUT2D eigenvalue weighted by molar-refractivity contribution is 0.343. The maximum Gasteiger partial charge on any atom is 0.191 e. The quantitative estimate of drug-likeness (QED) is 0.487. The van der Waals surface area contributed by atoms with E-state index in [0.29, 0.717) is 24.5 Å². The van der Waals surface area contributed by atoms with Crippen LogP contribution in [0.3, 0.4) is 0 Å². The van der Waals surface area contributed by atoms with Crippen LogP contribution in [0.25, 0.3) is 0 Å². The molecule has 5 heteroatoms. The van der Waals surface area contributed by atoms with Crippen LogP contribution in [0.1, 0.15) is 74.4 Å². The molecular weight excluding hydrogens is 330 g/mol. The van der Waals surface area contributed by atoms with Gasteiger partial charge in [0.1, 0.15) is 11.6 Å². The molecule has 25 heavy (non-hydrogen) atoms. The van der Waals surface area contributed by atoms with E-state index in [2.05, 4.69) is 53.7 Å². The van der Waals surface area contributed by atoms with Gasteiger partial charge in [0.05, 0.1) is 6.61 Å². The van der Waals surface area contributed by atoms with E-state index in [0.717, 1.165) is 16.7 Å². The zero-order valence-electron chi connectivity index (χ0n) is 15.4. The standard InChI is InChI=1S/C20H27N3OS/c1-13(2)18-9-8-17(12-14(18)3)24-10-11-25-20-22-21-19(15-4-5-15)23(20)16-6-7-16/h8-9,12-13,15-16H,4-7,10-11H2,1-3H3. The van der Waals surface area contributed by atoms with Crippen LogP contribution in [-0.4, -0.2) is 27.1 Å². The molecule has 0 bridgehead atoms. The van der Waals surface area contributed by atoms with E-state index >= 15 is 0 Å². The number of hydrogen-bond donors (Lipinski definition) is 0. The zero-order valence-corrected chi connectivity index (χ0v) is 16.2. The van der Waals surface area contributed by atoms with Crippen molar-refractivity contribution in [3.05, 3.63) is 35.2 Å². The minimum Gasteiger partial charge on any atom is -0.493 e. The van der Waals surface area contributed by atoms with Crippen molar-refractivity contribution in [3.63, 3.8) is 0 Å². The zero-order chi connectivity index (χ0) is 17.4. The Hall–Kier alpha value is -1.49. The Morgan fingerprint density at radius 1 is 1.20 bits per heavy atom. The normalized spacial score (nSPS) is 17.3. The van der Waals surface area contributed by atoms with Crippen molar-refractivity contribution in [2.45, 2.75) is 69.5 Å². The summed E-state index contributed by atoms with van der Waals surface area (Å²) in [6.45, 7) is 7.31. The number of benzene rings is 1. The Bertz CT molecular complexity index is 747. The summed E-state index contributed by atoms with van der Waals surface area (Å²) in [4.78, 5) is 0. The van der Waals surface area contributed by atoms with Crippen LogP contribution in [0.2, 0.25) is 0 Å². The van der Waals surface area contributed by atoms with Gasteiger partial charge in [-0.15, -0.1) is 10.2 Å². The van der Waals surface area contributed by atoms with Crippen molar-refractivity contribution >= 4 is 11.8 Å². The van der Waals surface area contributed by atoms with Gasteiger partial charge in [0.25, 0.3) is 0 Å². The average Bonchev–Trinajstić information content (AvgIpc) is 3.50. The second-order valence-corrected chi connectivity index (χ2v) is 8.65. The molecule has 2 fully saturated rings. The minimum absolute atomic E-state index is 0.555. The van der Waals surface area contributed by atoms with Gasteiger partial charge in [-0.05, 0) is 61.8 Å². The Labute approximate surface area is 154 Å². The molecule has 134 valence electrons. The van der Waals surface area contributed by atoms with Crippen molar-refractivity contribution in [2.24, 2.45) is 0 Å². The van der Waals surface area contributed by atoms with Crippen LogP contribution in [0.15, 0.2) is 23.4 Å². The first kappa shape index (κ1) is 17.0. The predicted octanol–water partition coefficient (Wildman–Crippen LogP) is 5.09. The molecule has 0 spiro atoms. The maximum atomic E-state index is 5.95. The van der Waals surface area contributed by atoms with Crippen LogP contribution in [0.5, 0.6) is 5.75 Å². The lowest BCUT2D eigenvalue weighted by Crippen LogP contribution is -2.05. The highest BCUT2D eigenvalue weighted by Gasteiger charge is 2.36. The highest BCUT2D eigenvalue weighted by atomic mass is 32.2. The fourth-order valence-corrected chi connectivity index (χ4v) is 4.19. The van der Waals surface area contributed by atoms with Gasteiger partial charge in [-0.2, -0.15) is 0 Å². The summed E-state index contributed by atoms with van der Waals surface area (Å²) in [7, 11) is 0. The third-order valence-electron chi connectivity index (χ3n) is 4.99. The summed E-state index contributed by atoms with van der Waals surface area (Å²) in [5.41, 5.74) is 2.70. The van der Waals surface area contributed by atoms with Gasteiger partial charge in [0.2, 0.25) is 0 Å². The molecular formula is C20H27N3OS. The van der Waals surface area contributed by atoms with Gasteiger partial charge in [-0.3, -0.25) is 0 Å². The molecule has 2 saturated carbocycles. The average molecular weight is 358 g/mol. The third-order valence-corrected chi connectivity index (χ3v) is 5.90. The number of aryl methyl sites for hydroxylation is 1. The number of nitrogens with zero attached hydrogens (tertiary/aromatic N) is 3. The molecule has 0 atom stereocenters. The molecule has 2 aliphatic rings. The SMILES string of the molecule is Cc1cc(OCCSc2nnc(C3CC3)n2C2CC2)ccc1C(C)C. The van der Waals surface area contributed by atoms with Crippen molar-refractivity contribution in [3.8, 4) is 5.75 Å². The summed E-state index contributed by atoms with van der Waals surface area (Å²) in [6.07, 6.45) is 5.13. The molecule has 0 N–H and O–H groups in total. The molecule has 1 aromatic carbocycles. The van der Waals surface area contributed by atoms with Gasteiger partial charge < -0.3 is 9.30 Å². The van der Waals surface area contributed by atoms with E-state index < -0.39 is 0 Å². The van der Waals surface area contributed by atoms with Crippen LogP contribution in [-0.2, 0) is 0 Å². The minimum atomic E-state index is 0.555. The Morgan fingerprint density at radius 2 is 2.00 bits per heavy atom. The largest absolute Gasteiger partial charge is 0.493 e. The van der Waals surface area contributed by atoms with Crippen LogP contribution >= 0.6 is 11.8 Å². The summed E-state index contributed by atoms with van der Waals surface area (Å²) in [5.74, 6) is 4.32. The van der Waals surface area contributed by atoms with E-state index in [-0.39, 0.29) is 0 Å². The monoisotopic (exact) mass is 357 g/mol. The van der Waals surface area contributed by atoms with Crippen molar-refractivity contribution in [1.29, 1.82) is 0 Å². The molecule has 2 aliphatic carbocycles. The number of aromatic nitrogens is 3. The molecule has 4 rings (SSSR count). The Morgan fingerprint density at radius 3 is 2.64 bits per heavy atom. The first-order valence-electron chi connectivity index (χ1n) is 9.44. The second kappa shape index (κ2) is 7.02. The lowest BCUT2D eigenvalue weighted by Gasteiger charge is -2.12. The summed E-state index contributed by atoms with van der Waals surface area (Å²) in [6, 6.07) is 7.08. The number of thioether (sulfide) groups is 1. The molecule has 2 aromatic rings. The van der Waals surface area contributed by atoms with Crippen molar-refractivity contribution < 1.29 is 4.74 Å². The molecule has 0 amide bonds. The van der Waals surface area contributed by atoms with Gasteiger partial charge >= 0.3 is 0 Å². The highest BCUT2D eigenvalue weighted by molar-refractivity contribution is 7.99. The van der Waals surface area contributed by atoms with Crippen molar-refractivity contribution in [1.82, 2.24) is 14.8 Å². The van der Waals surface area contributed by atoms with Crippen molar-refractivity contribution in [2.75, 3.05) is 12.4 Å². The number of ether oxygens (including phenoxy) is 1. The van der Waals surface area contributed by atoms with Crippen LogP contribution in [0.4, 0.5) is 0 Å². The number of rotatable bonds is 8. The molecule has 1 aromatic heterocycles. The summed E-state index contributed by atoms with van der Waals surface area (Å²) in [5, 5.41) is 10.00. The van der Waals surface area contributed by atoms with E-state index in [9.17, 15) is 0 Å². The van der Waals surface area contributed by atoms with E-state index in [4.69, 9.17) is 4.74 Å². The van der Waals surface area contributed by atoms with E-state index in [1.807, 2.05) is 0 Å². The molecule has 0 unspecified atom stereocenters. The smallest absolute Gasteiger partial charge is 0.191 e. The fraction of sp³-hybridized carbons (Fsp3) is 0.600. The second-order valence-electron chi connectivity index (χ2n) is 7.59. The van der Waals surface area contributed by atoms with Gasteiger partial charge in [0.15, 0.2) is 5.16 Å². The maximum absolute atomic E-state index is 5.95. The Kier molecular flexibility index (Phi) is 4.76. The topological polar surface area (TPSA) is 39.9 Å². The molecule has 4 nitrogen and oxygen atoms in total. The van der Waals surface area contributed by atoms with E-state index in [1.165, 1.54) is 42.6 Å². The Balaban J connectivity index is 1.32. The van der Waals surface area contributed by atoms with Gasteiger partial charge in [-0.1, -0.05) is 31.7 Å². The predicted molar refractivity (Wildman–Crippen MR) is 102 cm³/mol. The molecule has 0 saturated heterocycles. The van der Waals surface area contributed by atoms with E-state index in [1.54, 1.807) is 11.8 Å². The summed E-state index contributed by atoms with van der Waals surface area (Å²) < 4.78 is 8.35. The van der Waals surface area contributed by atoms with Crippen LogP contribution in [0, 0.1) is 6.92 Å². The first-order valence-corrected chi connectivity index (χ1v) is 10.4. The lowest BCUT2D eigenvalue weighted by atomic mass is 9.98.